The van der Waals surface area contributed by atoms with Crippen LogP contribution in [0.4, 0.5) is 5.82 Å². The quantitative estimate of drug-likeness (QED) is 0.741. The van der Waals surface area contributed by atoms with Crippen molar-refractivity contribution in [1.29, 1.82) is 0 Å². The number of rotatable bonds is 9. The summed E-state index contributed by atoms with van der Waals surface area (Å²) < 4.78 is 10.5. The van der Waals surface area contributed by atoms with Crippen molar-refractivity contribution in [3.63, 3.8) is 0 Å². The maximum absolute atomic E-state index is 12.3. The number of carbonyl (C=O) groups is 1. The van der Waals surface area contributed by atoms with Gasteiger partial charge in [-0.25, -0.2) is 9.97 Å². The molecular weight excluding hydrogens is 332 g/mol. The predicted molar refractivity (Wildman–Crippen MR) is 101 cm³/mol. The summed E-state index contributed by atoms with van der Waals surface area (Å²) in [7, 11) is 3.21. The molecule has 0 atom stereocenters. The zero-order chi connectivity index (χ0) is 18.9. The van der Waals surface area contributed by atoms with Crippen molar-refractivity contribution < 1.29 is 14.3 Å². The minimum Gasteiger partial charge on any atom is -0.493 e. The van der Waals surface area contributed by atoms with E-state index in [-0.39, 0.29) is 5.91 Å². The second kappa shape index (κ2) is 9.60. The maximum atomic E-state index is 12.3. The minimum atomic E-state index is -0.207. The Kier molecular flexibility index (Phi) is 7.20. The maximum Gasteiger partial charge on any atom is 0.270 e. The third kappa shape index (κ3) is 4.84. The van der Waals surface area contributed by atoms with Crippen molar-refractivity contribution in [2.75, 3.05) is 38.8 Å². The summed E-state index contributed by atoms with van der Waals surface area (Å²) in [5.74, 6) is 1.91. The summed E-state index contributed by atoms with van der Waals surface area (Å²) in [6.07, 6.45) is 2.11. The summed E-state index contributed by atoms with van der Waals surface area (Å²) in [4.78, 5) is 22.7. The third-order valence-corrected chi connectivity index (χ3v) is 4.12. The Morgan fingerprint density at radius 2 is 1.81 bits per heavy atom. The van der Waals surface area contributed by atoms with Gasteiger partial charge < -0.3 is 19.7 Å². The Morgan fingerprint density at radius 3 is 2.46 bits per heavy atom. The van der Waals surface area contributed by atoms with E-state index >= 15 is 0 Å². The molecule has 7 nitrogen and oxygen atoms in total. The standard InChI is InChI=1S/C19H26N4O3/c1-5-23(6-2)18-12-15(21-13-22-18)19(24)20-10-9-14-7-8-16(25-3)17(11-14)26-4/h7-8,11-13H,5-6,9-10H2,1-4H3,(H,20,24). The Bertz CT molecular complexity index is 732. The second-order valence-corrected chi connectivity index (χ2v) is 5.63. The highest BCUT2D eigenvalue weighted by Crippen LogP contribution is 2.27. The van der Waals surface area contributed by atoms with Gasteiger partial charge in [-0.1, -0.05) is 6.07 Å². The number of ether oxygens (including phenoxy) is 2. The van der Waals surface area contributed by atoms with Crippen LogP contribution in [0.3, 0.4) is 0 Å². The summed E-state index contributed by atoms with van der Waals surface area (Å²) in [6, 6.07) is 7.44. The molecule has 7 heteroatoms. The molecule has 0 radical (unpaired) electrons. The van der Waals surface area contributed by atoms with Crippen molar-refractivity contribution in [1.82, 2.24) is 15.3 Å². The molecule has 1 heterocycles. The van der Waals surface area contributed by atoms with Gasteiger partial charge in [-0.3, -0.25) is 4.79 Å². The van der Waals surface area contributed by atoms with E-state index in [1.54, 1.807) is 20.3 Å². The largest absolute Gasteiger partial charge is 0.493 e. The second-order valence-electron chi connectivity index (χ2n) is 5.63. The average molecular weight is 358 g/mol. The highest BCUT2D eigenvalue weighted by molar-refractivity contribution is 5.92. The molecule has 1 aromatic carbocycles. The van der Waals surface area contributed by atoms with Crippen LogP contribution in [0, 0.1) is 0 Å². The number of methoxy groups -OCH3 is 2. The molecule has 0 aliphatic carbocycles. The number of hydrogen-bond donors (Lipinski definition) is 1. The molecule has 140 valence electrons. The van der Waals surface area contributed by atoms with Crippen LogP contribution in [0.1, 0.15) is 29.9 Å². The van der Waals surface area contributed by atoms with Crippen molar-refractivity contribution in [2.45, 2.75) is 20.3 Å². The number of amides is 1. The summed E-state index contributed by atoms with van der Waals surface area (Å²) >= 11 is 0. The molecule has 0 saturated heterocycles. The fraction of sp³-hybridized carbons (Fsp3) is 0.421. The first kappa shape index (κ1) is 19.5. The zero-order valence-corrected chi connectivity index (χ0v) is 15.8. The number of benzene rings is 1. The molecule has 0 unspecified atom stereocenters. The molecule has 0 fully saturated rings. The smallest absolute Gasteiger partial charge is 0.270 e. The van der Waals surface area contributed by atoms with Crippen LogP contribution in [0.2, 0.25) is 0 Å². The van der Waals surface area contributed by atoms with Crippen LogP contribution in [0.25, 0.3) is 0 Å². The van der Waals surface area contributed by atoms with Gasteiger partial charge in [0.05, 0.1) is 14.2 Å². The van der Waals surface area contributed by atoms with Crippen LogP contribution in [-0.4, -0.2) is 49.7 Å². The molecule has 2 aromatic rings. The molecule has 0 aliphatic heterocycles. The normalized spacial score (nSPS) is 10.3. The van der Waals surface area contributed by atoms with Crippen LogP contribution in [0.15, 0.2) is 30.6 Å². The number of aromatic nitrogens is 2. The van der Waals surface area contributed by atoms with Gasteiger partial charge in [-0.15, -0.1) is 0 Å². The molecule has 0 bridgehead atoms. The first-order valence-electron chi connectivity index (χ1n) is 8.69. The highest BCUT2D eigenvalue weighted by atomic mass is 16.5. The Labute approximate surface area is 154 Å². The lowest BCUT2D eigenvalue weighted by Crippen LogP contribution is -2.28. The molecule has 0 saturated carbocycles. The molecule has 0 spiro atoms. The Balaban J connectivity index is 1.96. The lowest BCUT2D eigenvalue weighted by molar-refractivity contribution is 0.0949. The lowest BCUT2D eigenvalue weighted by atomic mass is 10.1. The van der Waals surface area contributed by atoms with E-state index in [9.17, 15) is 4.79 Å². The molecule has 0 aliphatic rings. The average Bonchev–Trinajstić information content (AvgIpc) is 2.69. The summed E-state index contributed by atoms with van der Waals surface area (Å²) in [5.41, 5.74) is 1.42. The van der Waals surface area contributed by atoms with Gasteiger partial charge >= 0.3 is 0 Å². The predicted octanol–water partition coefficient (Wildman–Crippen LogP) is 2.31. The van der Waals surface area contributed by atoms with E-state index in [0.717, 1.165) is 24.5 Å². The topological polar surface area (TPSA) is 76.6 Å². The number of nitrogens with one attached hydrogen (secondary N) is 1. The Morgan fingerprint density at radius 1 is 1.08 bits per heavy atom. The number of hydrogen-bond acceptors (Lipinski definition) is 6. The van der Waals surface area contributed by atoms with Crippen molar-refractivity contribution >= 4 is 11.7 Å². The van der Waals surface area contributed by atoms with Crippen LogP contribution >= 0.6 is 0 Å². The van der Waals surface area contributed by atoms with E-state index in [1.807, 2.05) is 18.2 Å². The molecule has 26 heavy (non-hydrogen) atoms. The fourth-order valence-corrected chi connectivity index (χ4v) is 2.64. The van der Waals surface area contributed by atoms with Crippen molar-refractivity contribution in [2.24, 2.45) is 0 Å². The van der Waals surface area contributed by atoms with E-state index in [0.29, 0.717) is 30.2 Å². The third-order valence-electron chi connectivity index (χ3n) is 4.12. The van der Waals surface area contributed by atoms with Gasteiger partial charge in [0.15, 0.2) is 11.5 Å². The molecule has 2 rings (SSSR count). The SMILES string of the molecule is CCN(CC)c1cc(C(=O)NCCc2ccc(OC)c(OC)c2)ncn1. The van der Waals surface area contributed by atoms with E-state index in [1.165, 1.54) is 6.33 Å². The highest BCUT2D eigenvalue weighted by Gasteiger charge is 2.11. The molecule has 1 N–H and O–H groups in total. The van der Waals surface area contributed by atoms with E-state index in [2.05, 4.69) is 34.0 Å². The van der Waals surface area contributed by atoms with Crippen molar-refractivity contribution in [3.05, 3.63) is 41.9 Å². The molecule has 1 amide bonds. The van der Waals surface area contributed by atoms with E-state index in [4.69, 9.17) is 9.47 Å². The van der Waals surface area contributed by atoms with Crippen LogP contribution < -0.4 is 19.7 Å². The van der Waals surface area contributed by atoms with Crippen molar-refractivity contribution in [3.8, 4) is 11.5 Å². The summed E-state index contributed by atoms with van der Waals surface area (Å²) in [5, 5.41) is 2.90. The van der Waals surface area contributed by atoms with Crippen LogP contribution in [0.5, 0.6) is 11.5 Å². The number of anilines is 1. The molecule has 1 aromatic heterocycles. The summed E-state index contributed by atoms with van der Waals surface area (Å²) in [6.45, 7) is 6.25. The van der Waals surface area contributed by atoms with Gasteiger partial charge in [0.25, 0.3) is 5.91 Å². The van der Waals surface area contributed by atoms with Gasteiger partial charge in [0.1, 0.15) is 17.8 Å². The van der Waals surface area contributed by atoms with Crippen LogP contribution in [-0.2, 0) is 6.42 Å². The number of nitrogens with zero attached hydrogens (tertiary/aromatic N) is 3. The van der Waals surface area contributed by atoms with Gasteiger partial charge in [-0.05, 0) is 38.0 Å². The first-order valence-corrected chi connectivity index (χ1v) is 8.69. The van der Waals surface area contributed by atoms with E-state index < -0.39 is 0 Å². The zero-order valence-electron chi connectivity index (χ0n) is 15.8. The van der Waals surface area contributed by atoms with Gasteiger partial charge in [0.2, 0.25) is 0 Å². The fourth-order valence-electron chi connectivity index (χ4n) is 2.64. The lowest BCUT2D eigenvalue weighted by Gasteiger charge is -2.19. The van der Waals surface area contributed by atoms with Gasteiger partial charge in [-0.2, -0.15) is 0 Å². The number of carbonyl (C=O) groups excluding carboxylic acids is 1. The molecular formula is C19H26N4O3. The minimum absolute atomic E-state index is 0.207. The first-order chi connectivity index (χ1) is 12.6. The Hall–Kier alpha value is -2.83. The monoisotopic (exact) mass is 358 g/mol. The van der Waals surface area contributed by atoms with Gasteiger partial charge in [0, 0.05) is 25.7 Å².